The molecule has 1 aliphatic rings. The van der Waals surface area contributed by atoms with Crippen molar-refractivity contribution in [2.75, 3.05) is 0 Å². The molecule has 0 amide bonds. The Morgan fingerprint density at radius 2 is 1.60 bits per heavy atom. The zero-order valence-electron chi connectivity index (χ0n) is 11.6. The number of carbonyl (C=O) groups is 2. The molecule has 0 bridgehead atoms. The number of aliphatic hydroxyl groups is 2. The molecule has 0 fully saturated rings. The van der Waals surface area contributed by atoms with Crippen LogP contribution in [0.5, 0.6) is 0 Å². The average Bonchev–Trinajstić information content (AvgIpc) is 2.39. The molecular weight excluding hydrogens is 264 g/mol. The van der Waals surface area contributed by atoms with E-state index in [1.165, 1.54) is 19.1 Å². The molecule has 112 valence electrons. The van der Waals surface area contributed by atoms with Crippen LogP contribution in [-0.4, -0.2) is 46.6 Å². The van der Waals surface area contributed by atoms with Crippen LogP contribution in [0.3, 0.4) is 0 Å². The second kappa shape index (κ2) is 7.81. The molecule has 0 radical (unpaired) electrons. The van der Waals surface area contributed by atoms with Crippen molar-refractivity contribution in [2.24, 2.45) is 0 Å². The lowest BCUT2D eigenvalue weighted by Gasteiger charge is -2.17. The van der Waals surface area contributed by atoms with E-state index in [4.69, 9.17) is 9.47 Å². The van der Waals surface area contributed by atoms with Crippen LogP contribution < -0.4 is 0 Å². The molecule has 0 aromatic carbocycles. The van der Waals surface area contributed by atoms with Gasteiger partial charge >= 0.3 is 11.9 Å². The second-order valence-corrected chi connectivity index (χ2v) is 4.74. The van der Waals surface area contributed by atoms with Crippen LogP contribution >= 0.6 is 0 Å². The predicted molar refractivity (Wildman–Crippen MR) is 70.6 cm³/mol. The van der Waals surface area contributed by atoms with E-state index >= 15 is 0 Å². The summed E-state index contributed by atoms with van der Waals surface area (Å²) in [7, 11) is 0. The summed E-state index contributed by atoms with van der Waals surface area (Å²) in [4.78, 5) is 22.9. The zero-order chi connectivity index (χ0) is 15.1. The van der Waals surface area contributed by atoms with E-state index in [0.717, 1.165) is 12.2 Å². The summed E-state index contributed by atoms with van der Waals surface area (Å²) in [5, 5.41) is 19.3. The third kappa shape index (κ3) is 5.99. The van der Waals surface area contributed by atoms with E-state index in [2.05, 4.69) is 0 Å². The molecule has 0 aromatic heterocycles. The van der Waals surface area contributed by atoms with E-state index in [9.17, 15) is 19.8 Å². The number of esters is 2. The fourth-order valence-electron chi connectivity index (χ4n) is 1.61. The molecule has 6 heteroatoms. The Bertz CT molecular complexity index is 400. The predicted octanol–water partition coefficient (Wildman–Crippen LogP) is 0.478. The minimum atomic E-state index is -1.11. The number of hydrogen-bond donors (Lipinski definition) is 2. The molecule has 0 aromatic rings. The Morgan fingerprint density at radius 3 is 2.30 bits per heavy atom. The topological polar surface area (TPSA) is 93.1 Å². The Hall–Kier alpha value is -1.66. The maximum atomic E-state index is 11.5. The monoisotopic (exact) mass is 284 g/mol. The highest BCUT2D eigenvalue weighted by molar-refractivity contribution is 5.83. The zero-order valence-corrected chi connectivity index (χ0v) is 11.6. The average molecular weight is 284 g/mol. The molecule has 0 aliphatic carbocycles. The Balaban J connectivity index is 2.79. The summed E-state index contributed by atoms with van der Waals surface area (Å²) in [6.45, 7) is 3.21. The molecule has 0 unspecified atom stereocenters. The van der Waals surface area contributed by atoms with Crippen LogP contribution in [0, 0.1) is 0 Å². The van der Waals surface area contributed by atoms with Gasteiger partial charge in [-0.1, -0.05) is 0 Å². The smallest absolute Gasteiger partial charge is 0.330 e. The van der Waals surface area contributed by atoms with Crippen molar-refractivity contribution in [1.82, 2.24) is 0 Å². The first-order valence-corrected chi connectivity index (χ1v) is 6.52. The van der Waals surface area contributed by atoms with E-state index in [1.54, 1.807) is 6.92 Å². The Labute approximate surface area is 117 Å². The maximum absolute atomic E-state index is 11.5. The highest BCUT2D eigenvalue weighted by Crippen LogP contribution is 2.09. The number of cyclic esters (lactones) is 2. The van der Waals surface area contributed by atoms with Crippen LogP contribution in [-0.2, 0) is 19.1 Å². The highest BCUT2D eigenvalue weighted by Gasteiger charge is 2.17. The Kier molecular flexibility index (Phi) is 6.41. The lowest BCUT2D eigenvalue weighted by atomic mass is 10.1. The number of ether oxygens (including phenoxy) is 2. The summed E-state index contributed by atoms with van der Waals surface area (Å²) in [6, 6.07) is 0. The van der Waals surface area contributed by atoms with Gasteiger partial charge in [-0.15, -0.1) is 0 Å². The fourth-order valence-corrected chi connectivity index (χ4v) is 1.61. The van der Waals surface area contributed by atoms with Crippen LogP contribution in [0.15, 0.2) is 24.3 Å². The fraction of sp³-hybridized carbons (Fsp3) is 0.571. The largest absolute Gasteiger partial charge is 0.460 e. The summed E-state index contributed by atoms with van der Waals surface area (Å²) < 4.78 is 9.99. The molecule has 20 heavy (non-hydrogen) atoms. The van der Waals surface area contributed by atoms with E-state index in [1.807, 2.05) is 0 Å². The lowest BCUT2D eigenvalue weighted by Crippen LogP contribution is -2.27. The van der Waals surface area contributed by atoms with E-state index in [0.29, 0.717) is 12.8 Å². The second-order valence-electron chi connectivity index (χ2n) is 4.74. The number of aliphatic hydroxyl groups excluding tert-OH is 2. The van der Waals surface area contributed by atoms with Crippen molar-refractivity contribution in [3.05, 3.63) is 24.3 Å². The van der Waals surface area contributed by atoms with Gasteiger partial charge < -0.3 is 19.7 Å². The Morgan fingerprint density at radius 1 is 1.00 bits per heavy atom. The SMILES string of the molecule is C[C@@H]1CC[C@H](O)/C=C/C(=O)O[C@H](C)[C@H](O)/C=C/C(=O)O1. The van der Waals surface area contributed by atoms with Crippen molar-refractivity contribution in [3.8, 4) is 0 Å². The van der Waals surface area contributed by atoms with Gasteiger partial charge in [0, 0.05) is 12.2 Å². The van der Waals surface area contributed by atoms with Gasteiger partial charge in [0.25, 0.3) is 0 Å². The molecule has 0 saturated heterocycles. The van der Waals surface area contributed by atoms with Crippen LogP contribution in [0.1, 0.15) is 26.7 Å². The van der Waals surface area contributed by atoms with Gasteiger partial charge in [0.1, 0.15) is 12.2 Å². The van der Waals surface area contributed by atoms with Crippen molar-refractivity contribution >= 4 is 11.9 Å². The third-order valence-corrected chi connectivity index (χ3v) is 2.85. The highest BCUT2D eigenvalue weighted by atomic mass is 16.6. The molecule has 1 heterocycles. The van der Waals surface area contributed by atoms with E-state index < -0.39 is 30.3 Å². The molecule has 1 rings (SSSR count). The van der Waals surface area contributed by atoms with Gasteiger partial charge in [-0.2, -0.15) is 0 Å². The van der Waals surface area contributed by atoms with Gasteiger partial charge in [-0.25, -0.2) is 9.59 Å². The first kappa shape index (κ1) is 16.4. The molecule has 4 atom stereocenters. The van der Waals surface area contributed by atoms with Crippen molar-refractivity contribution < 1.29 is 29.3 Å². The van der Waals surface area contributed by atoms with Crippen LogP contribution in [0.2, 0.25) is 0 Å². The van der Waals surface area contributed by atoms with Crippen molar-refractivity contribution in [3.63, 3.8) is 0 Å². The van der Waals surface area contributed by atoms with Gasteiger partial charge in [0.05, 0.1) is 12.2 Å². The van der Waals surface area contributed by atoms with Gasteiger partial charge in [-0.05, 0) is 38.8 Å². The standard InChI is InChI=1S/C14H20O6/c1-9-3-4-11(15)5-7-14(18)20-10(2)12(16)6-8-13(17)19-9/h5-12,15-16H,3-4H2,1-2H3/b7-5+,8-6+/t9-,10-,11+,12-/m1/s1. The molecule has 0 spiro atoms. The third-order valence-electron chi connectivity index (χ3n) is 2.85. The lowest BCUT2D eigenvalue weighted by molar-refractivity contribution is -0.146. The van der Waals surface area contributed by atoms with Gasteiger partial charge in [-0.3, -0.25) is 0 Å². The molecule has 1 aliphatic heterocycles. The number of carbonyl (C=O) groups excluding carboxylic acids is 2. The van der Waals surface area contributed by atoms with Crippen LogP contribution in [0.25, 0.3) is 0 Å². The molecule has 6 nitrogen and oxygen atoms in total. The molecule has 2 N–H and O–H groups in total. The molecule has 0 saturated carbocycles. The minimum absolute atomic E-state index is 0.361. The summed E-state index contributed by atoms with van der Waals surface area (Å²) in [5.41, 5.74) is 0. The van der Waals surface area contributed by atoms with Gasteiger partial charge in [0.2, 0.25) is 0 Å². The quantitative estimate of drug-likeness (QED) is 0.628. The normalized spacial score (nSPS) is 36.4. The van der Waals surface area contributed by atoms with E-state index in [-0.39, 0.29) is 6.10 Å². The summed E-state index contributed by atoms with van der Waals surface area (Å²) in [6.07, 6.45) is 2.48. The van der Waals surface area contributed by atoms with Crippen molar-refractivity contribution in [1.29, 1.82) is 0 Å². The summed E-state index contributed by atoms with van der Waals surface area (Å²) >= 11 is 0. The van der Waals surface area contributed by atoms with Gasteiger partial charge in [0.15, 0.2) is 0 Å². The first-order chi connectivity index (χ1) is 9.38. The van der Waals surface area contributed by atoms with Crippen LogP contribution in [0.4, 0.5) is 0 Å². The minimum Gasteiger partial charge on any atom is -0.460 e. The first-order valence-electron chi connectivity index (χ1n) is 6.52. The summed E-state index contributed by atoms with van der Waals surface area (Å²) in [5.74, 6) is -1.24. The number of hydrogen-bond acceptors (Lipinski definition) is 6. The maximum Gasteiger partial charge on any atom is 0.330 e. The number of rotatable bonds is 0. The molecular formula is C14H20O6. The van der Waals surface area contributed by atoms with Crippen molar-refractivity contribution in [2.45, 2.75) is 51.1 Å².